The van der Waals surface area contributed by atoms with Gasteiger partial charge in [-0.15, -0.1) is 35.3 Å². The molecule has 2 N–H and O–H groups in total. The van der Waals surface area contributed by atoms with Crippen LogP contribution in [0.5, 0.6) is 0 Å². The van der Waals surface area contributed by atoms with Gasteiger partial charge in [-0.3, -0.25) is 0 Å². The van der Waals surface area contributed by atoms with Crippen LogP contribution >= 0.6 is 35.3 Å². The van der Waals surface area contributed by atoms with E-state index in [1.165, 1.54) is 4.88 Å². The minimum Gasteiger partial charge on any atom is -0.391 e. The molecule has 0 saturated carbocycles. The van der Waals surface area contributed by atoms with Gasteiger partial charge in [0.05, 0.1) is 12.6 Å². The summed E-state index contributed by atoms with van der Waals surface area (Å²) in [6, 6.07) is 4.14. The van der Waals surface area contributed by atoms with E-state index in [4.69, 9.17) is 0 Å². The van der Waals surface area contributed by atoms with Gasteiger partial charge < -0.3 is 15.3 Å². The van der Waals surface area contributed by atoms with Crippen molar-refractivity contribution in [3.05, 3.63) is 22.4 Å². The first-order valence-electron chi connectivity index (χ1n) is 6.03. The van der Waals surface area contributed by atoms with Crippen molar-refractivity contribution < 1.29 is 5.11 Å². The average molecular weight is 381 g/mol. The molecule has 18 heavy (non-hydrogen) atoms. The van der Waals surface area contributed by atoms with Gasteiger partial charge in [-0.1, -0.05) is 6.07 Å². The van der Waals surface area contributed by atoms with Crippen molar-refractivity contribution in [2.75, 3.05) is 19.6 Å². The van der Waals surface area contributed by atoms with Crippen LogP contribution in [-0.2, 0) is 6.54 Å². The predicted molar refractivity (Wildman–Crippen MR) is 86.7 cm³/mol. The normalized spacial score (nSPS) is 19.8. The second-order valence-corrected chi connectivity index (χ2v) is 5.17. The van der Waals surface area contributed by atoms with Gasteiger partial charge in [-0.2, -0.15) is 0 Å². The maximum absolute atomic E-state index is 9.55. The molecular weight excluding hydrogens is 361 g/mol. The summed E-state index contributed by atoms with van der Waals surface area (Å²) >= 11 is 1.72. The Morgan fingerprint density at radius 2 is 2.50 bits per heavy atom. The average Bonchev–Trinajstić information content (AvgIpc) is 2.95. The van der Waals surface area contributed by atoms with E-state index in [-0.39, 0.29) is 30.1 Å². The number of thiophene rings is 1. The first-order valence-corrected chi connectivity index (χ1v) is 6.91. The van der Waals surface area contributed by atoms with Crippen LogP contribution < -0.4 is 5.32 Å². The largest absolute Gasteiger partial charge is 0.391 e. The molecule has 0 amide bonds. The zero-order chi connectivity index (χ0) is 12.1. The van der Waals surface area contributed by atoms with Crippen molar-refractivity contribution in [3.63, 3.8) is 0 Å². The molecule has 0 aromatic carbocycles. The van der Waals surface area contributed by atoms with Crippen LogP contribution in [0.15, 0.2) is 22.5 Å². The van der Waals surface area contributed by atoms with Gasteiger partial charge >= 0.3 is 0 Å². The maximum Gasteiger partial charge on any atom is 0.194 e. The Morgan fingerprint density at radius 1 is 1.67 bits per heavy atom. The quantitative estimate of drug-likeness (QED) is 0.478. The number of aliphatic hydroxyl groups is 1. The Hall–Kier alpha value is -0.340. The summed E-state index contributed by atoms with van der Waals surface area (Å²) in [5.74, 6) is 0.914. The van der Waals surface area contributed by atoms with Crippen LogP contribution in [0.2, 0.25) is 0 Å². The van der Waals surface area contributed by atoms with Crippen LogP contribution in [0.3, 0.4) is 0 Å². The number of nitrogens with zero attached hydrogens (tertiary/aromatic N) is 2. The van der Waals surface area contributed by atoms with Crippen LogP contribution in [0.25, 0.3) is 0 Å². The number of halogens is 1. The van der Waals surface area contributed by atoms with Crippen molar-refractivity contribution >= 4 is 41.3 Å². The molecule has 102 valence electrons. The predicted octanol–water partition coefficient (Wildman–Crippen LogP) is 1.90. The standard InChI is InChI=1S/C12H19N3OS.HI/c1-2-13-12(15-6-5-10(16)9-15)14-8-11-4-3-7-17-11;/h3-4,7,10,16H,2,5-6,8-9H2,1H3,(H,13,14);1H/t10-;/m1./s1. The fourth-order valence-electron chi connectivity index (χ4n) is 1.92. The summed E-state index contributed by atoms with van der Waals surface area (Å²) in [6.07, 6.45) is 0.629. The smallest absolute Gasteiger partial charge is 0.194 e. The van der Waals surface area contributed by atoms with Gasteiger partial charge in [-0.05, 0) is 24.8 Å². The van der Waals surface area contributed by atoms with Gasteiger partial charge in [-0.25, -0.2) is 4.99 Å². The van der Waals surface area contributed by atoms with E-state index in [0.717, 1.165) is 25.5 Å². The Bertz CT molecular complexity index is 369. The van der Waals surface area contributed by atoms with Crippen molar-refractivity contribution in [1.82, 2.24) is 10.2 Å². The Balaban J connectivity index is 0.00000162. The Kier molecular flexibility index (Phi) is 6.95. The van der Waals surface area contributed by atoms with E-state index in [1.807, 2.05) is 6.07 Å². The second kappa shape index (κ2) is 7.96. The van der Waals surface area contributed by atoms with Crippen LogP contribution in [0, 0.1) is 0 Å². The number of rotatable bonds is 3. The molecule has 2 rings (SSSR count). The lowest BCUT2D eigenvalue weighted by Gasteiger charge is -2.20. The number of β-amino-alcohol motifs (C(OH)–C–C–N with tert-alkyl or cyclic N) is 1. The molecule has 6 heteroatoms. The number of aliphatic hydroxyl groups excluding tert-OH is 1. The van der Waals surface area contributed by atoms with E-state index in [0.29, 0.717) is 13.1 Å². The van der Waals surface area contributed by atoms with E-state index < -0.39 is 0 Å². The van der Waals surface area contributed by atoms with Crippen molar-refractivity contribution in [3.8, 4) is 0 Å². The fourth-order valence-corrected chi connectivity index (χ4v) is 2.54. The summed E-state index contributed by atoms with van der Waals surface area (Å²) in [5.41, 5.74) is 0. The first kappa shape index (κ1) is 15.7. The number of likely N-dealkylation sites (tertiary alicyclic amines) is 1. The summed E-state index contributed by atoms with van der Waals surface area (Å²) in [6.45, 7) is 5.21. The molecule has 1 fully saturated rings. The van der Waals surface area contributed by atoms with Gasteiger partial charge in [0.2, 0.25) is 0 Å². The molecule has 2 heterocycles. The molecule has 1 aliphatic heterocycles. The second-order valence-electron chi connectivity index (χ2n) is 4.14. The lowest BCUT2D eigenvalue weighted by Crippen LogP contribution is -2.40. The molecule has 0 spiro atoms. The van der Waals surface area contributed by atoms with Crippen molar-refractivity contribution in [2.45, 2.75) is 26.0 Å². The molecule has 1 aromatic heterocycles. The van der Waals surface area contributed by atoms with Crippen molar-refractivity contribution in [2.24, 2.45) is 4.99 Å². The summed E-state index contributed by atoms with van der Waals surface area (Å²) in [5, 5.41) is 14.9. The summed E-state index contributed by atoms with van der Waals surface area (Å²) < 4.78 is 0. The van der Waals surface area contributed by atoms with E-state index in [9.17, 15) is 5.11 Å². The number of hydrogen-bond acceptors (Lipinski definition) is 3. The Labute approximate surface area is 129 Å². The highest BCUT2D eigenvalue weighted by Crippen LogP contribution is 2.12. The summed E-state index contributed by atoms with van der Waals surface area (Å²) in [7, 11) is 0. The maximum atomic E-state index is 9.55. The third-order valence-corrected chi connectivity index (χ3v) is 3.62. The van der Waals surface area contributed by atoms with Gasteiger partial charge in [0, 0.05) is 24.5 Å². The van der Waals surface area contributed by atoms with Crippen LogP contribution in [0.4, 0.5) is 0 Å². The fraction of sp³-hybridized carbons (Fsp3) is 0.583. The highest BCUT2D eigenvalue weighted by Gasteiger charge is 2.22. The zero-order valence-corrected chi connectivity index (χ0v) is 13.6. The topological polar surface area (TPSA) is 47.9 Å². The molecular formula is C12H20IN3OS. The number of guanidine groups is 1. The summed E-state index contributed by atoms with van der Waals surface area (Å²) in [4.78, 5) is 7.99. The third-order valence-electron chi connectivity index (χ3n) is 2.76. The first-order chi connectivity index (χ1) is 8.29. The SMILES string of the molecule is CCNC(=NCc1cccs1)N1CC[C@@H](O)C1.I. The molecule has 0 aliphatic carbocycles. The van der Waals surface area contributed by atoms with Gasteiger partial charge in [0.1, 0.15) is 0 Å². The van der Waals surface area contributed by atoms with Crippen LogP contribution in [0.1, 0.15) is 18.2 Å². The molecule has 0 radical (unpaired) electrons. The molecule has 1 atom stereocenters. The highest BCUT2D eigenvalue weighted by molar-refractivity contribution is 14.0. The number of hydrogen-bond donors (Lipinski definition) is 2. The van der Waals surface area contributed by atoms with Crippen LogP contribution in [-0.4, -0.2) is 41.7 Å². The molecule has 1 aliphatic rings. The van der Waals surface area contributed by atoms with E-state index >= 15 is 0 Å². The number of aliphatic imine (C=N–C) groups is 1. The molecule has 0 unspecified atom stereocenters. The molecule has 0 bridgehead atoms. The zero-order valence-electron chi connectivity index (χ0n) is 10.5. The highest BCUT2D eigenvalue weighted by atomic mass is 127. The van der Waals surface area contributed by atoms with Crippen molar-refractivity contribution in [1.29, 1.82) is 0 Å². The Morgan fingerprint density at radius 3 is 3.06 bits per heavy atom. The third kappa shape index (κ3) is 4.40. The minimum atomic E-state index is -0.208. The lowest BCUT2D eigenvalue weighted by molar-refractivity contribution is 0.188. The van der Waals surface area contributed by atoms with Gasteiger partial charge in [0.25, 0.3) is 0 Å². The van der Waals surface area contributed by atoms with E-state index in [2.05, 4.69) is 33.6 Å². The monoisotopic (exact) mass is 381 g/mol. The lowest BCUT2D eigenvalue weighted by atomic mass is 10.3. The van der Waals surface area contributed by atoms with E-state index in [1.54, 1.807) is 11.3 Å². The number of nitrogens with one attached hydrogen (secondary N) is 1. The molecule has 1 aromatic rings. The molecule has 1 saturated heterocycles. The molecule has 4 nitrogen and oxygen atoms in total. The van der Waals surface area contributed by atoms with Gasteiger partial charge in [0.15, 0.2) is 5.96 Å². The minimum absolute atomic E-state index is 0.